The van der Waals surface area contributed by atoms with Crippen molar-refractivity contribution in [2.45, 2.75) is 26.4 Å². The van der Waals surface area contributed by atoms with Crippen LogP contribution in [0, 0.1) is 18.6 Å². The van der Waals surface area contributed by atoms with Gasteiger partial charge in [0.15, 0.2) is 0 Å². The van der Waals surface area contributed by atoms with Crippen LogP contribution in [0.3, 0.4) is 0 Å². The zero-order valence-corrected chi connectivity index (χ0v) is 21.6. The van der Waals surface area contributed by atoms with Crippen molar-refractivity contribution in [3.8, 4) is 17.1 Å². The van der Waals surface area contributed by atoms with Gasteiger partial charge in [0.05, 0.1) is 36.2 Å². The number of carbonyl (C=O) groups excluding carboxylic acids is 1. The Kier molecular flexibility index (Phi) is 7.03. The zero-order chi connectivity index (χ0) is 27.7. The number of benzene rings is 2. The summed E-state index contributed by atoms with van der Waals surface area (Å²) < 4.78 is 30.8. The fourth-order valence-corrected chi connectivity index (χ4v) is 4.38. The maximum Gasteiger partial charge on any atom is 0.277 e. The predicted octanol–water partition coefficient (Wildman–Crippen LogP) is 4.43. The largest absolute Gasteiger partial charge is 0.319 e. The van der Waals surface area contributed by atoms with Gasteiger partial charge in [-0.25, -0.2) is 13.8 Å². The van der Waals surface area contributed by atoms with Gasteiger partial charge in [-0.05, 0) is 80.6 Å². The second kappa shape index (κ2) is 10.6. The molecule has 0 saturated heterocycles. The number of hydrogen-bond acceptors (Lipinski definition) is 5. The number of aryl methyl sites for hydroxylation is 1. The molecule has 1 unspecified atom stereocenters. The molecule has 0 aliphatic heterocycles. The van der Waals surface area contributed by atoms with Gasteiger partial charge in [-0.15, -0.1) is 0 Å². The smallest absolute Gasteiger partial charge is 0.277 e. The summed E-state index contributed by atoms with van der Waals surface area (Å²) in [7, 11) is 1.64. The molecule has 0 aliphatic rings. The number of nitrogens with one attached hydrogen (secondary N) is 2. The number of fused-ring (bicyclic) bond motifs is 1. The zero-order valence-electron chi connectivity index (χ0n) is 21.6. The number of carbonyl (C=O) groups is 1. The first kappa shape index (κ1) is 25.9. The lowest BCUT2D eigenvalue weighted by molar-refractivity contribution is -0.117. The van der Waals surface area contributed by atoms with E-state index in [4.69, 9.17) is 0 Å². The standard InChI is InChI=1S/C29H26F2N6O2/c1-17-15-36(26-9-8-22(31)11-24(17)26)23-10-19(12-33-13-23)16-37-27(20-4-6-21(30)7-5-20)34-14-25(29(37)39)35-28(38)18(2)32-3/h4-15,18,32H,16H2,1-3H3,(H,35,38). The van der Waals surface area contributed by atoms with Crippen LogP contribution in [0.4, 0.5) is 14.5 Å². The van der Waals surface area contributed by atoms with E-state index in [1.54, 1.807) is 32.4 Å². The highest BCUT2D eigenvalue weighted by molar-refractivity contribution is 5.94. The van der Waals surface area contributed by atoms with E-state index >= 15 is 0 Å². The third-order valence-corrected chi connectivity index (χ3v) is 6.60. The first-order valence-corrected chi connectivity index (χ1v) is 12.3. The fraction of sp³-hybridized carbons (Fsp3) is 0.172. The van der Waals surface area contributed by atoms with Crippen LogP contribution in [0.25, 0.3) is 28.0 Å². The van der Waals surface area contributed by atoms with E-state index in [1.807, 2.05) is 23.8 Å². The molecule has 198 valence electrons. The number of amides is 1. The molecule has 0 aliphatic carbocycles. The van der Waals surface area contributed by atoms with E-state index in [2.05, 4.69) is 20.6 Å². The summed E-state index contributed by atoms with van der Waals surface area (Å²) in [6, 6.07) is 11.6. The third-order valence-electron chi connectivity index (χ3n) is 6.60. The van der Waals surface area contributed by atoms with E-state index in [9.17, 15) is 18.4 Å². The van der Waals surface area contributed by atoms with Crippen molar-refractivity contribution in [2.75, 3.05) is 12.4 Å². The lowest BCUT2D eigenvalue weighted by atomic mass is 10.2. The normalized spacial score (nSPS) is 12.0. The van der Waals surface area contributed by atoms with Gasteiger partial charge in [0.2, 0.25) is 5.91 Å². The van der Waals surface area contributed by atoms with Gasteiger partial charge in [-0.2, -0.15) is 0 Å². The minimum Gasteiger partial charge on any atom is -0.319 e. The highest BCUT2D eigenvalue weighted by Gasteiger charge is 2.18. The third kappa shape index (κ3) is 5.19. The van der Waals surface area contributed by atoms with E-state index in [-0.39, 0.29) is 24.0 Å². The Bertz CT molecular complexity index is 1740. The number of halogens is 2. The number of hydrogen-bond donors (Lipinski definition) is 2. The fourth-order valence-electron chi connectivity index (χ4n) is 4.38. The Morgan fingerprint density at radius 3 is 2.51 bits per heavy atom. The van der Waals surface area contributed by atoms with Crippen LogP contribution in [-0.2, 0) is 11.3 Å². The van der Waals surface area contributed by atoms with E-state index in [0.29, 0.717) is 17.0 Å². The maximum atomic E-state index is 13.8. The molecule has 1 atom stereocenters. The maximum absolute atomic E-state index is 13.8. The number of anilines is 1. The molecule has 3 aromatic heterocycles. The van der Waals surface area contributed by atoms with Gasteiger partial charge in [0.25, 0.3) is 5.56 Å². The molecule has 0 fully saturated rings. The van der Waals surface area contributed by atoms with Crippen molar-refractivity contribution in [1.29, 1.82) is 0 Å². The lowest BCUT2D eigenvalue weighted by Gasteiger charge is -2.16. The molecular formula is C29H26F2N6O2. The van der Waals surface area contributed by atoms with Crippen molar-refractivity contribution < 1.29 is 13.6 Å². The molecule has 0 saturated carbocycles. The summed E-state index contributed by atoms with van der Waals surface area (Å²) in [6.07, 6.45) is 6.53. The molecule has 8 nitrogen and oxygen atoms in total. The Balaban J connectivity index is 1.58. The lowest BCUT2D eigenvalue weighted by Crippen LogP contribution is -2.38. The second-order valence-corrected chi connectivity index (χ2v) is 9.29. The first-order chi connectivity index (χ1) is 18.7. The molecule has 10 heteroatoms. The molecule has 5 rings (SSSR count). The number of likely N-dealkylation sites (N-methyl/N-ethyl adjacent to an activating group) is 1. The van der Waals surface area contributed by atoms with Crippen LogP contribution < -0.4 is 16.2 Å². The highest BCUT2D eigenvalue weighted by Crippen LogP contribution is 2.26. The van der Waals surface area contributed by atoms with E-state index in [0.717, 1.165) is 22.2 Å². The van der Waals surface area contributed by atoms with Gasteiger partial charge >= 0.3 is 0 Å². The molecule has 2 N–H and O–H groups in total. The summed E-state index contributed by atoms with van der Waals surface area (Å²) in [5, 5.41) is 6.25. The van der Waals surface area contributed by atoms with Crippen molar-refractivity contribution in [1.82, 2.24) is 24.4 Å². The molecule has 0 bridgehead atoms. The molecule has 39 heavy (non-hydrogen) atoms. The van der Waals surface area contributed by atoms with Crippen molar-refractivity contribution >= 4 is 22.5 Å². The monoisotopic (exact) mass is 528 g/mol. The van der Waals surface area contributed by atoms with Crippen LogP contribution in [-0.4, -0.2) is 38.1 Å². The van der Waals surface area contributed by atoms with Gasteiger partial charge in [-0.1, -0.05) is 0 Å². The molecule has 0 spiro atoms. The van der Waals surface area contributed by atoms with E-state index < -0.39 is 17.4 Å². The van der Waals surface area contributed by atoms with Crippen molar-refractivity contribution in [3.05, 3.63) is 106 Å². The molecule has 2 aromatic carbocycles. The summed E-state index contributed by atoms with van der Waals surface area (Å²) in [6.45, 7) is 3.66. The summed E-state index contributed by atoms with van der Waals surface area (Å²) >= 11 is 0. The molecule has 0 radical (unpaired) electrons. The Labute approximate surface area is 223 Å². The Hall–Kier alpha value is -4.70. The summed E-state index contributed by atoms with van der Waals surface area (Å²) in [5.74, 6) is -0.801. The van der Waals surface area contributed by atoms with Crippen LogP contribution in [0.1, 0.15) is 18.1 Å². The van der Waals surface area contributed by atoms with Crippen LogP contribution >= 0.6 is 0 Å². The summed E-state index contributed by atoms with van der Waals surface area (Å²) in [4.78, 5) is 34.9. The van der Waals surface area contributed by atoms with Crippen molar-refractivity contribution in [3.63, 3.8) is 0 Å². The first-order valence-electron chi connectivity index (χ1n) is 12.3. The quantitative estimate of drug-likeness (QED) is 0.326. The Morgan fingerprint density at radius 1 is 1.03 bits per heavy atom. The second-order valence-electron chi connectivity index (χ2n) is 9.29. The van der Waals surface area contributed by atoms with Gasteiger partial charge in [-0.3, -0.25) is 19.1 Å². The number of pyridine rings is 1. The van der Waals surface area contributed by atoms with Crippen LogP contribution in [0.5, 0.6) is 0 Å². The number of rotatable bonds is 7. The molecule has 5 aromatic rings. The average molecular weight is 529 g/mol. The molecule has 1 amide bonds. The minimum absolute atomic E-state index is 0.0196. The van der Waals surface area contributed by atoms with Gasteiger partial charge < -0.3 is 15.2 Å². The highest BCUT2D eigenvalue weighted by atomic mass is 19.1. The van der Waals surface area contributed by atoms with Gasteiger partial charge in [0.1, 0.15) is 23.1 Å². The summed E-state index contributed by atoms with van der Waals surface area (Å²) in [5.41, 5.74) is 3.24. The number of nitrogens with zero attached hydrogens (tertiary/aromatic N) is 4. The molecule has 3 heterocycles. The van der Waals surface area contributed by atoms with Crippen LogP contribution in [0.15, 0.2) is 78.1 Å². The Morgan fingerprint density at radius 2 is 1.77 bits per heavy atom. The number of aromatic nitrogens is 4. The predicted molar refractivity (Wildman–Crippen MR) is 146 cm³/mol. The van der Waals surface area contributed by atoms with Crippen LogP contribution in [0.2, 0.25) is 0 Å². The SMILES string of the molecule is CNC(C)C(=O)Nc1cnc(-c2ccc(F)cc2)n(Cc2cncc(-n3cc(C)c4cc(F)ccc43)c2)c1=O. The minimum atomic E-state index is -0.524. The topological polar surface area (TPSA) is 93.8 Å². The molecular weight excluding hydrogens is 502 g/mol. The van der Waals surface area contributed by atoms with Gasteiger partial charge in [0, 0.05) is 23.3 Å². The van der Waals surface area contributed by atoms with Crippen molar-refractivity contribution in [2.24, 2.45) is 0 Å². The average Bonchev–Trinajstić information content (AvgIpc) is 3.26. The van der Waals surface area contributed by atoms with E-state index in [1.165, 1.54) is 47.2 Å².